The van der Waals surface area contributed by atoms with E-state index in [-0.39, 0.29) is 12.4 Å². The zero-order valence-corrected chi connectivity index (χ0v) is 13.0. The van der Waals surface area contributed by atoms with E-state index < -0.39 is 5.82 Å². The van der Waals surface area contributed by atoms with Crippen molar-refractivity contribution in [3.63, 3.8) is 0 Å². The molecule has 0 aliphatic carbocycles. The molecular formula is C15H12FN7O2. The number of nitrogens with one attached hydrogen (secondary N) is 1. The second-order valence-corrected chi connectivity index (χ2v) is 5.29. The first-order valence-electron chi connectivity index (χ1n) is 7.29. The van der Waals surface area contributed by atoms with Crippen LogP contribution in [0, 0.1) is 12.7 Å². The number of aryl methyl sites for hydroxylation is 1. The summed E-state index contributed by atoms with van der Waals surface area (Å²) in [6, 6.07) is 6.13. The molecule has 0 atom stereocenters. The quantitative estimate of drug-likeness (QED) is 0.577. The van der Waals surface area contributed by atoms with Crippen molar-refractivity contribution in [2.45, 2.75) is 13.5 Å². The number of fused-ring (bicyclic) bond motifs is 1. The second-order valence-electron chi connectivity index (χ2n) is 5.29. The number of pyridine rings is 1. The molecule has 4 rings (SSSR count). The molecule has 0 aliphatic heterocycles. The summed E-state index contributed by atoms with van der Waals surface area (Å²) in [6.07, 6.45) is 0. The Morgan fingerprint density at radius 2 is 2.16 bits per heavy atom. The third-order valence-electron chi connectivity index (χ3n) is 3.51. The van der Waals surface area contributed by atoms with Gasteiger partial charge in [0, 0.05) is 24.1 Å². The number of hydrogen-bond acceptors (Lipinski definition) is 8. The number of nitrogens with zero attached hydrogens (tertiary/aromatic N) is 5. The number of ether oxygens (including phenoxy) is 1. The lowest BCUT2D eigenvalue weighted by atomic mass is 10.1. The van der Waals surface area contributed by atoms with Gasteiger partial charge in [-0.15, -0.1) is 5.10 Å². The molecule has 0 radical (unpaired) electrons. The molecule has 0 saturated carbocycles. The van der Waals surface area contributed by atoms with Gasteiger partial charge in [0.25, 0.3) is 0 Å². The number of nitrogens with two attached hydrogens (primary N) is 1. The monoisotopic (exact) mass is 341 g/mol. The average molecular weight is 341 g/mol. The number of anilines is 1. The lowest BCUT2D eigenvalue weighted by Crippen LogP contribution is -2.01. The van der Waals surface area contributed by atoms with Crippen LogP contribution in [0.2, 0.25) is 0 Å². The van der Waals surface area contributed by atoms with Crippen molar-refractivity contribution in [2.75, 3.05) is 5.73 Å². The van der Waals surface area contributed by atoms with Crippen LogP contribution in [0.5, 0.6) is 5.75 Å². The Kier molecular flexibility index (Phi) is 3.49. The van der Waals surface area contributed by atoms with E-state index in [1.165, 1.54) is 12.1 Å². The van der Waals surface area contributed by atoms with Crippen LogP contribution in [0.1, 0.15) is 11.5 Å². The molecule has 25 heavy (non-hydrogen) atoms. The maximum Gasteiger partial charge on any atom is 0.223 e. The second kappa shape index (κ2) is 5.82. The highest BCUT2D eigenvalue weighted by Crippen LogP contribution is 2.25. The highest BCUT2D eigenvalue weighted by atomic mass is 19.1. The Morgan fingerprint density at radius 1 is 1.28 bits per heavy atom. The SMILES string of the molecule is Cc1nc(-c2ccc(COc3cc(N)nc4[nH]nnc34)c(F)c2)no1. The predicted molar refractivity (Wildman–Crippen MR) is 84.9 cm³/mol. The molecule has 9 nitrogen and oxygen atoms in total. The van der Waals surface area contributed by atoms with E-state index in [2.05, 4.69) is 30.5 Å². The van der Waals surface area contributed by atoms with Crippen LogP contribution in [0.3, 0.4) is 0 Å². The number of aromatic amines is 1. The standard InChI is InChI=1S/C15H12FN7O2/c1-7-18-14(22-25-7)8-2-3-9(10(16)4-8)6-24-11-5-12(17)19-15-13(11)20-23-21-15/h2-5H,6H2,1H3,(H3,17,19,20,21,23). The highest BCUT2D eigenvalue weighted by molar-refractivity contribution is 5.78. The first-order valence-corrected chi connectivity index (χ1v) is 7.29. The van der Waals surface area contributed by atoms with Crippen molar-refractivity contribution in [3.8, 4) is 17.1 Å². The molecule has 0 saturated heterocycles. The maximum atomic E-state index is 14.3. The van der Waals surface area contributed by atoms with Crippen LogP contribution < -0.4 is 10.5 Å². The van der Waals surface area contributed by atoms with E-state index in [1.807, 2.05) is 0 Å². The Morgan fingerprint density at radius 3 is 2.92 bits per heavy atom. The van der Waals surface area contributed by atoms with Crippen LogP contribution in [-0.4, -0.2) is 30.5 Å². The molecule has 0 amide bonds. The van der Waals surface area contributed by atoms with Crippen molar-refractivity contribution in [2.24, 2.45) is 0 Å². The first-order chi connectivity index (χ1) is 12.1. The van der Waals surface area contributed by atoms with Gasteiger partial charge in [-0.2, -0.15) is 4.98 Å². The number of rotatable bonds is 4. The van der Waals surface area contributed by atoms with Gasteiger partial charge in [-0.05, 0) is 6.07 Å². The summed E-state index contributed by atoms with van der Waals surface area (Å²) in [5, 5.41) is 13.9. The molecule has 126 valence electrons. The topological polar surface area (TPSA) is 129 Å². The van der Waals surface area contributed by atoms with E-state index >= 15 is 0 Å². The Labute approximate surface area is 140 Å². The van der Waals surface area contributed by atoms with Crippen molar-refractivity contribution >= 4 is 17.0 Å². The fraction of sp³-hybridized carbons (Fsp3) is 0.133. The lowest BCUT2D eigenvalue weighted by Gasteiger charge is -2.08. The van der Waals surface area contributed by atoms with Crippen molar-refractivity contribution in [1.29, 1.82) is 0 Å². The fourth-order valence-corrected chi connectivity index (χ4v) is 2.32. The molecular weight excluding hydrogens is 329 g/mol. The maximum absolute atomic E-state index is 14.3. The van der Waals surface area contributed by atoms with Gasteiger partial charge in [-0.25, -0.2) is 14.5 Å². The minimum Gasteiger partial charge on any atom is -0.486 e. The van der Waals surface area contributed by atoms with Gasteiger partial charge in [0.15, 0.2) is 16.9 Å². The third kappa shape index (κ3) is 2.84. The van der Waals surface area contributed by atoms with Gasteiger partial charge in [0.2, 0.25) is 11.7 Å². The summed E-state index contributed by atoms with van der Waals surface area (Å²) in [7, 11) is 0. The first kappa shape index (κ1) is 15.0. The molecule has 0 unspecified atom stereocenters. The molecule has 3 N–H and O–H groups in total. The predicted octanol–water partition coefficient (Wildman–Crippen LogP) is 2.01. The molecule has 1 aromatic carbocycles. The van der Waals surface area contributed by atoms with Gasteiger partial charge in [-0.3, -0.25) is 0 Å². The Balaban J connectivity index is 1.57. The van der Waals surface area contributed by atoms with Crippen LogP contribution in [0.25, 0.3) is 22.6 Å². The van der Waals surface area contributed by atoms with Gasteiger partial charge in [0.1, 0.15) is 18.2 Å². The molecule has 0 spiro atoms. The minimum absolute atomic E-state index is 0.0111. The van der Waals surface area contributed by atoms with Gasteiger partial charge in [-0.1, -0.05) is 22.5 Å². The average Bonchev–Trinajstić information content (AvgIpc) is 3.22. The van der Waals surface area contributed by atoms with Crippen LogP contribution in [0.15, 0.2) is 28.8 Å². The largest absolute Gasteiger partial charge is 0.486 e. The van der Waals surface area contributed by atoms with Gasteiger partial charge < -0.3 is 15.0 Å². The molecule has 0 bridgehead atoms. The summed E-state index contributed by atoms with van der Waals surface area (Å²) >= 11 is 0. The number of halogens is 1. The van der Waals surface area contributed by atoms with Gasteiger partial charge >= 0.3 is 0 Å². The number of H-pyrrole nitrogens is 1. The summed E-state index contributed by atoms with van der Waals surface area (Å²) in [4.78, 5) is 8.10. The summed E-state index contributed by atoms with van der Waals surface area (Å²) < 4.78 is 24.9. The van der Waals surface area contributed by atoms with Crippen LogP contribution in [0.4, 0.5) is 10.2 Å². The third-order valence-corrected chi connectivity index (χ3v) is 3.51. The van der Waals surface area contributed by atoms with Crippen molar-refractivity contribution in [3.05, 3.63) is 41.5 Å². The van der Waals surface area contributed by atoms with Crippen molar-refractivity contribution in [1.82, 2.24) is 30.5 Å². The Hall–Kier alpha value is -3.56. The fourth-order valence-electron chi connectivity index (χ4n) is 2.32. The zero-order valence-electron chi connectivity index (χ0n) is 13.0. The van der Waals surface area contributed by atoms with E-state index in [9.17, 15) is 4.39 Å². The van der Waals surface area contributed by atoms with Gasteiger partial charge in [0.05, 0.1) is 0 Å². The van der Waals surface area contributed by atoms with Crippen LogP contribution >= 0.6 is 0 Å². The number of benzene rings is 1. The summed E-state index contributed by atoms with van der Waals surface area (Å²) in [6.45, 7) is 1.66. The number of aromatic nitrogens is 6. The molecule has 3 aromatic heterocycles. The van der Waals surface area contributed by atoms with Crippen LogP contribution in [-0.2, 0) is 6.61 Å². The molecule has 4 aromatic rings. The minimum atomic E-state index is -0.446. The summed E-state index contributed by atoms with van der Waals surface area (Å²) in [5.74, 6) is 0.911. The smallest absolute Gasteiger partial charge is 0.223 e. The van der Waals surface area contributed by atoms with E-state index in [4.69, 9.17) is 15.0 Å². The van der Waals surface area contributed by atoms with Crippen molar-refractivity contribution < 1.29 is 13.7 Å². The normalized spacial score (nSPS) is 11.1. The Bertz CT molecular complexity index is 1060. The molecule has 3 heterocycles. The highest BCUT2D eigenvalue weighted by Gasteiger charge is 2.13. The molecule has 0 aliphatic rings. The van der Waals surface area contributed by atoms with E-state index in [0.29, 0.717) is 39.8 Å². The zero-order chi connectivity index (χ0) is 17.4. The van der Waals surface area contributed by atoms with E-state index in [1.54, 1.807) is 19.1 Å². The number of nitrogen functional groups attached to an aromatic ring is 1. The number of hydrogen-bond donors (Lipinski definition) is 2. The molecule has 10 heteroatoms. The lowest BCUT2D eigenvalue weighted by molar-refractivity contribution is 0.303. The summed E-state index contributed by atoms with van der Waals surface area (Å²) in [5.41, 5.74) is 7.41. The van der Waals surface area contributed by atoms with E-state index in [0.717, 1.165) is 0 Å². The molecule has 0 fully saturated rings.